The van der Waals surface area contributed by atoms with Gasteiger partial charge in [0.15, 0.2) is 11.6 Å². The van der Waals surface area contributed by atoms with Gasteiger partial charge in [0.2, 0.25) is 5.75 Å². The van der Waals surface area contributed by atoms with Crippen LogP contribution in [0.4, 0.5) is 22.0 Å². The van der Waals surface area contributed by atoms with Crippen molar-refractivity contribution in [3.05, 3.63) is 64.2 Å². The zero-order chi connectivity index (χ0) is 20.3. The van der Waals surface area contributed by atoms with Crippen molar-refractivity contribution in [1.82, 2.24) is 0 Å². The Bertz CT molecular complexity index is 811. The number of fused-ring (bicyclic) bond motifs is 1. The van der Waals surface area contributed by atoms with Gasteiger partial charge in [-0.25, -0.2) is 8.78 Å². The van der Waals surface area contributed by atoms with Gasteiger partial charge in [-0.1, -0.05) is 37.6 Å². The minimum atomic E-state index is -5.13. The van der Waals surface area contributed by atoms with Gasteiger partial charge < -0.3 is 4.74 Å². The summed E-state index contributed by atoms with van der Waals surface area (Å²) in [7, 11) is 0. The van der Waals surface area contributed by atoms with Crippen LogP contribution in [0.15, 0.2) is 30.3 Å². The summed E-state index contributed by atoms with van der Waals surface area (Å²) in [5.41, 5.74) is 3.11. The normalized spacial score (nSPS) is 16.7. The standard InChI is InChI=1S/C22H23F5O/c1-2-3-14-4-6-15(7-5-14)8-9-16-10-11-18-17(12-16)13-19(23)21(20(18)24)28-22(25,26)27/h4-7,13,16H,2-3,8-12H2,1H3. The summed E-state index contributed by atoms with van der Waals surface area (Å²) in [6.07, 6.45) is 0.178. The summed E-state index contributed by atoms with van der Waals surface area (Å²) in [5.74, 6) is -3.63. The molecule has 2 aromatic carbocycles. The van der Waals surface area contributed by atoms with Crippen LogP contribution in [0.25, 0.3) is 0 Å². The number of alkyl halides is 3. The molecule has 0 N–H and O–H groups in total. The van der Waals surface area contributed by atoms with Crippen molar-refractivity contribution >= 4 is 0 Å². The minimum absolute atomic E-state index is 0.140. The van der Waals surface area contributed by atoms with Crippen molar-refractivity contribution in [1.29, 1.82) is 0 Å². The lowest BCUT2D eigenvalue weighted by molar-refractivity contribution is -0.276. The number of halogens is 5. The van der Waals surface area contributed by atoms with Crippen molar-refractivity contribution in [2.75, 3.05) is 0 Å². The van der Waals surface area contributed by atoms with Crippen LogP contribution in [0.3, 0.4) is 0 Å². The maximum atomic E-state index is 14.4. The smallest absolute Gasteiger partial charge is 0.399 e. The lowest BCUT2D eigenvalue weighted by atomic mass is 9.80. The highest BCUT2D eigenvalue weighted by Crippen LogP contribution is 2.37. The van der Waals surface area contributed by atoms with Crippen molar-refractivity contribution in [3.8, 4) is 5.75 Å². The van der Waals surface area contributed by atoms with E-state index in [1.54, 1.807) is 0 Å². The molecule has 0 heterocycles. The number of hydrogen-bond acceptors (Lipinski definition) is 1. The van der Waals surface area contributed by atoms with Gasteiger partial charge in [0.25, 0.3) is 0 Å². The summed E-state index contributed by atoms with van der Waals surface area (Å²) in [6, 6.07) is 9.47. The van der Waals surface area contributed by atoms with E-state index in [-0.39, 0.29) is 17.9 Å². The summed E-state index contributed by atoms with van der Waals surface area (Å²) in [6.45, 7) is 2.14. The maximum Gasteiger partial charge on any atom is 0.573 e. The molecule has 1 aliphatic carbocycles. The molecule has 1 unspecified atom stereocenters. The quantitative estimate of drug-likeness (QED) is 0.501. The summed E-state index contributed by atoms with van der Waals surface area (Å²) in [5, 5.41) is 0. The molecule has 0 bridgehead atoms. The van der Waals surface area contributed by atoms with Crippen LogP contribution < -0.4 is 4.74 Å². The molecule has 1 aliphatic rings. The predicted molar refractivity (Wildman–Crippen MR) is 97.3 cm³/mol. The van der Waals surface area contributed by atoms with E-state index in [1.807, 2.05) is 0 Å². The molecule has 0 spiro atoms. The molecule has 28 heavy (non-hydrogen) atoms. The molecule has 3 rings (SSSR count). The molecule has 1 atom stereocenters. The second-order valence-electron chi connectivity index (χ2n) is 7.40. The topological polar surface area (TPSA) is 9.23 Å². The monoisotopic (exact) mass is 398 g/mol. The van der Waals surface area contributed by atoms with E-state index in [0.717, 1.165) is 31.7 Å². The summed E-state index contributed by atoms with van der Waals surface area (Å²) in [4.78, 5) is 0. The van der Waals surface area contributed by atoms with Crippen LogP contribution in [0.5, 0.6) is 5.75 Å². The van der Waals surface area contributed by atoms with Gasteiger partial charge in [0.1, 0.15) is 0 Å². The molecule has 0 saturated heterocycles. The SMILES string of the molecule is CCCc1ccc(CCC2CCc3c(cc(F)c(OC(F)(F)F)c3F)C2)cc1. The molecule has 0 aliphatic heterocycles. The molecule has 0 fully saturated rings. The first-order valence-corrected chi connectivity index (χ1v) is 9.60. The second kappa shape index (κ2) is 8.50. The fourth-order valence-electron chi connectivity index (χ4n) is 3.89. The summed E-state index contributed by atoms with van der Waals surface area (Å²) >= 11 is 0. The number of aryl methyl sites for hydroxylation is 2. The zero-order valence-electron chi connectivity index (χ0n) is 15.7. The molecule has 6 heteroatoms. The van der Waals surface area contributed by atoms with Crippen LogP contribution in [0, 0.1) is 17.6 Å². The minimum Gasteiger partial charge on any atom is -0.399 e. The predicted octanol–water partition coefficient (Wildman–Crippen LogP) is 6.55. The Kier molecular flexibility index (Phi) is 6.26. The fraction of sp³-hybridized carbons (Fsp3) is 0.455. The van der Waals surface area contributed by atoms with E-state index in [2.05, 4.69) is 35.9 Å². The molecule has 0 saturated carbocycles. The van der Waals surface area contributed by atoms with E-state index < -0.39 is 23.7 Å². The Hall–Kier alpha value is -2.11. The lowest BCUT2D eigenvalue weighted by Crippen LogP contribution is -2.22. The van der Waals surface area contributed by atoms with Gasteiger partial charge in [0.05, 0.1) is 0 Å². The van der Waals surface area contributed by atoms with Crippen LogP contribution in [0.1, 0.15) is 48.4 Å². The van der Waals surface area contributed by atoms with Gasteiger partial charge in [-0.3, -0.25) is 0 Å². The summed E-state index contributed by atoms with van der Waals surface area (Å²) < 4.78 is 69.0. The van der Waals surface area contributed by atoms with Crippen molar-refractivity contribution in [2.24, 2.45) is 5.92 Å². The number of benzene rings is 2. The first kappa shape index (κ1) is 20.6. The van der Waals surface area contributed by atoms with Crippen molar-refractivity contribution in [2.45, 2.75) is 58.2 Å². The molecule has 2 aromatic rings. The fourth-order valence-corrected chi connectivity index (χ4v) is 3.89. The number of ether oxygens (including phenoxy) is 1. The first-order valence-electron chi connectivity index (χ1n) is 9.60. The van der Waals surface area contributed by atoms with Crippen LogP contribution in [0.2, 0.25) is 0 Å². The largest absolute Gasteiger partial charge is 0.573 e. The van der Waals surface area contributed by atoms with Crippen LogP contribution in [-0.4, -0.2) is 6.36 Å². The molecule has 0 radical (unpaired) electrons. The van der Waals surface area contributed by atoms with E-state index in [9.17, 15) is 22.0 Å². The molecule has 0 aromatic heterocycles. The van der Waals surface area contributed by atoms with E-state index in [1.165, 1.54) is 11.1 Å². The Morgan fingerprint density at radius 2 is 1.68 bits per heavy atom. The van der Waals surface area contributed by atoms with E-state index in [4.69, 9.17) is 0 Å². The van der Waals surface area contributed by atoms with Gasteiger partial charge in [-0.15, -0.1) is 13.2 Å². The maximum absolute atomic E-state index is 14.4. The Labute approximate surface area is 161 Å². The average molecular weight is 398 g/mol. The van der Waals surface area contributed by atoms with Crippen molar-refractivity contribution < 1.29 is 26.7 Å². The zero-order valence-corrected chi connectivity index (χ0v) is 15.7. The highest BCUT2D eigenvalue weighted by atomic mass is 19.4. The molecular formula is C22H23F5O. The molecular weight excluding hydrogens is 375 g/mol. The molecule has 0 amide bonds. The van der Waals surface area contributed by atoms with Crippen molar-refractivity contribution in [3.63, 3.8) is 0 Å². The number of hydrogen-bond donors (Lipinski definition) is 0. The first-order chi connectivity index (χ1) is 13.3. The van der Waals surface area contributed by atoms with Crippen LogP contribution >= 0.6 is 0 Å². The Morgan fingerprint density at radius 3 is 2.29 bits per heavy atom. The van der Waals surface area contributed by atoms with Gasteiger partial charge in [-0.05, 0) is 72.8 Å². The third-order valence-corrected chi connectivity index (χ3v) is 5.30. The van der Waals surface area contributed by atoms with Gasteiger partial charge in [-0.2, -0.15) is 0 Å². The van der Waals surface area contributed by atoms with E-state index in [0.29, 0.717) is 18.4 Å². The Morgan fingerprint density at radius 1 is 1.04 bits per heavy atom. The van der Waals surface area contributed by atoms with E-state index >= 15 is 0 Å². The highest BCUT2D eigenvalue weighted by molar-refractivity contribution is 5.41. The third kappa shape index (κ3) is 5.03. The lowest BCUT2D eigenvalue weighted by Gasteiger charge is -2.26. The van der Waals surface area contributed by atoms with Crippen LogP contribution in [-0.2, 0) is 25.7 Å². The van der Waals surface area contributed by atoms with Gasteiger partial charge >= 0.3 is 6.36 Å². The highest BCUT2D eigenvalue weighted by Gasteiger charge is 2.36. The second-order valence-corrected chi connectivity index (χ2v) is 7.40. The van der Waals surface area contributed by atoms with Gasteiger partial charge in [0, 0.05) is 0 Å². The molecule has 1 nitrogen and oxygen atoms in total. The average Bonchev–Trinajstić information content (AvgIpc) is 2.64. The number of rotatable bonds is 6. The third-order valence-electron chi connectivity index (χ3n) is 5.30. The molecule has 152 valence electrons. The Balaban J connectivity index is 1.66.